The Morgan fingerprint density at radius 2 is 1.80 bits per heavy atom. The number of aromatic nitrogens is 1. The number of hydrogen-bond acceptors (Lipinski definition) is 6. The fraction of sp³-hybridized carbons (Fsp3) is 0.182. The smallest absolute Gasteiger partial charge is 0.338 e. The molecule has 7 heteroatoms. The van der Waals surface area contributed by atoms with E-state index in [4.69, 9.17) is 14.5 Å². The summed E-state index contributed by atoms with van der Waals surface area (Å²) in [6.45, 7) is 6.30. The van der Waals surface area contributed by atoms with Gasteiger partial charge in [-0.2, -0.15) is 0 Å². The first kappa shape index (κ1) is 27.1. The maximum Gasteiger partial charge on any atom is 0.338 e. The summed E-state index contributed by atoms with van der Waals surface area (Å²) in [6, 6.07) is 24.8. The molecule has 1 atom stereocenters. The molecule has 0 N–H and O–H groups in total. The van der Waals surface area contributed by atoms with Gasteiger partial charge in [0.05, 0.1) is 29.0 Å². The molecule has 5 rings (SSSR count). The number of benzene rings is 3. The molecule has 2 heterocycles. The van der Waals surface area contributed by atoms with Crippen LogP contribution in [0.2, 0.25) is 0 Å². The summed E-state index contributed by atoms with van der Waals surface area (Å²) >= 11 is 1.32. The Hall–Kier alpha value is -4.49. The van der Waals surface area contributed by atoms with Gasteiger partial charge in [-0.05, 0) is 53.3 Å². The van der Waals surface area contributed by atoms with Crippen LogP contribution in [0.1, 0.15) is 41.6 Å². The highest BCUT2D eigenvalue weighted by Gasteiger charge is 2.33. The third kappa shape index (κ3) is 5.46. The quantitative estimate of drug-likeness (QED) is 0.215. The number of rotatable bonds is 9. The minimum absolute atomic E-state index is 0.205. The van der Waals surface area contributed by atoms with Crippen molar-refractivity contribution in [3.05, 3.63) is 145 Å². The van der Waals surface area contributed by atoms with Crippen molar-refractivity contribution >= 4 is 23.4 Å². The van der Waals surface area contributed by atoms with E-state index in [0.717, 1.165) is 28.0 Å². The number of ether oxygens (including phenoxy) is 2. The molecule has 1 aliphatic heterocycles. The molecule has 0 amide bonds. The van der Waals surface area contributed by atoms with Crippen LogP contribution in [0.4, 0.5) is 0 Å². The molecule has 202 valence electrons. The molecule has 6 nitrogen and oxygen atoms in total. The lowest BCUT2D eigenvalue weighted by molar-refractivity contribution is -0.136. The fourth-order valence-electron chi connectivity index (χ4n) is 4.85. The van der Waals surface area contributed by atoms with Crippen LogP contribution in [0.25, 0.3) is 6.08 Å². The zero-order valence-corrected chi connectivity index (χ0v) is 23.3. The summed E-state index contributed by atoms with van der Waals surface area (Å²) in [4.78, 5) is 32.1. The van der Waals surface area contributed by atoms with Crippen molar-refractivity contribution in [1.82, 2.24) is 4.57 Å². The molecule has 0 saturated carbocycles. The fourth-order valence-corrected chi connectivity index (χ4v) is 5.87. The molecule has 0 radical (unpaired) electrons. The van der Waals surface area contributed by atoms with E-state index in [-0.39, 0.29) is 5.56 Å². The number of hydrogen-bond donors (Lipinski definition) is 0. The van der Waals surface area contributed by atoms with Crippen molar-refractivity contribution in [2.24, 2.45) is 4.99 Å². The van der Waals surface area contributed by atoms with Crippen LogP contribution in [0, 0.1) is 0 Å². The Morgan fingerprint density at radius 3 is 2.48 bits per heavy atom. The van der Waals surface area contributed by atoms with Crippen molar-refractivity contribution < 1.29 is 14.3 Å². The van der Waals surface area contributed by atoms with Gasteiger partial charge in [-0.1, -0.05) is 91.1 Å². The molecule has 40 heavy (non-hydrogen) atoms. The van der Waals surface area contributed by atoms with Crippen molar-refractivity contribution in [2.45, 2.75) is 32.4 Å². The minimum Gasteiger partial charge on any atom is -0.489 e. The highest BCUT2D eigenvalue weighted by Crippen LogP contribution is 2.31. The zero-order valence-electron chi connectivity index (χ0n) is 22.5. The predicted molar refractivity (Wildman–Crippen MR) is 158 cm³/mol. The molecule has 0 saturated heterocycles. The van der Waals surface area contributed by atoms with Crippen LogP contribution in [0.15, 0.2) is 113 Å². The summed E-state index contributed by atoms with van der Waals surface area (Å²) in [5.74, 6) is 0.297. The van der Waals surface area contributed by atoms with Gasteiger partial charge in [0.15, 0.2) is 4.80 Å². The maximum atomic E-state index is 13.9. The lowest BCUT2D eigenvalue weighted by Crippen LogP contribution is -2.40. The molecule has 0 fully saturated rings. The van der Waals surface area contributed by atoms with E-state index in [0.29, 0.717) is 40.1 Å². The third-order valence-corrected chi connectivity index (χ3v) is 7.73. The Balaban J connectivity index is 1.58. The number of fused-ring (bicyclic) bond motifs is 1. The van der Waals surface area contributed by atoms with Crippen LogP contribution in [-0.2, 0) is 22.6 Å². The van der Waals surface area contributed by atoms with Crippen molar-refractivity contribution in [1.29, 1.82) is 0 Å². The number of carbonyl (C=O) groups excluding carboxylic acids is 1. The number of methoxy groups -OCH3 is 1. The van der Waals surface area contributed by atoms with Crippen molar-refractivity contribution in [3.8, 4) is 5.75 Å². The highest BCUT2D eigenvalue weighted by atomic mass is 32.1. The van der Waals surface area contributed by atoms with Gasteiger partial charge >= 0.3 is 5.97 Å². The van der Waals surface area contributed by atoms with E-state index in [1.807, 2.05) is 97.9 Å². The second-order valence-electron chi connectivity index (χ2n) is 9.33. The van der Waals surface area contributed by atoms with Crippen LogP contribution < -0.4 is 19.6 Å². The first-order valence-corrected chi connectivity index (χ1v) is 13.9. The lowest BCUT2D eigenvalue weighted by Gasteiger charge is -2.25. The maximum absolute atomic E-state index is 13.9. The Labute approximate surface area is 236 Å². The van der Waals surface area contributed by atoms with Gasteiger partial charge in [0.2, 0.25) is 0 Å². The summed E-state index contributed by atoms with van der Waals surface area (Å²) in [5, 5.41) is 0. The number of thiazole rings is 1. The molecule has 0 aliphatic carbocycles. The number of nitrogens with zero attached hydrogens (tertiary/aromatic N) is 2. The second-order valence-corrected chi connectivity index (χ2v) is 10.3. The van der Waals surface area contributed by atoms with E-state index < -0.39 is 12.0 Å². The minimum atomic E-state index is -0.618. The van der Waals surface area contributed by atoms with E-state index in [9.17, 15) is 9.59 Å². The van der Waals surface area contributed by atoms with Crippen LogP contribution >= 0.6 is 11.3 Å². The average Bonchev–Trinajstić information content (AvgIpc) is 3.30. The monoisotopic (exact) mass is 550 g/mol. The zero-order chi connectivity index (χ0) is 28.1. The van der Waals surface area contributed by atoms with Gasteiger partial charge < -0.3 is 9.47 Å². The van der Waals surface area contributed by atoms with E-state index >= 15 is 0 Å². The molecule has 1 aromatic heterocycles. The van der Waals surface area contributed by atoms with Crippen LogP contribution in [0.3, 0.4) is 0 Å². The van der Waals surface area contributed by atoms with E-state index in [1.54, 1.807) is 4.57 Å². The predicted octanol–water partition coefficient (Wildman–Crippen LogP) is 5.11. The van der Waals surface area contributed by atoms with E-state index in [2.05, 4.69) is 6.58 Å². The van der Waals surface area contributed by atoms with E-state index in [1.165, 1.54) is 18.4 Å². The molecule has 0 unspecified atom stereocenters. The average molecular weight is 551 g/mol. The van der Waals surface area contributed by atoms with Crippen molar-refractivity contribution in [3.63, 3.8) is 0 Å². The number of carbonyl (C=O) groups is 1. The SMILES string of the molecule is C=CCc1cc(/C=c2\sc3n(c2=O)[C@H](c2ccccc2)C(C(=O)OC)=C(CC)N=3)ccc1OCc1ccccc1. The van der Waals surface area contributed by atoms with Crippen molar-refractivity contribution in [2.75, 3.05) is 7.11 Å². The molecule has 3 aromatic carbocycles. The summed E-state index contributed by atoms with van der Waals surface area (Å²) in [7, 11) is 1.35. The molecular formula is C33H30N2O4S. The van der Waals surface area contributed by atoms with Gasteiger partial charge in [-0.15, -0.1) is 6.58 Å². The Kier molecular flexibility index (Phi) is 8.22. The van der Waals surface area contributed by atoms with Gasteiger partial charge in [0.25, 0.3) is 5.56 Å². The highest BCUT2D eigenvalue weighted by molar-refractivity contribution is 7.07. The Bertz CT molecular complexity index is 1750. The number of esters is 1. The summed E-state index contributed by atoms with van der Waals surface area (Å²) in [6.07, 6.45) is 4.87. The molecular weight excluding hydrogens is 520 g/mol. The standard InChI is InChI=1S/C33H30N2O4S/c1-4-12-25-19-23(17-18-27(25)39-21-22-13-8-6-9-14-22)20-28-31(36)35-30(24-15-10-7-11-16-24)29(32(37)38-3)26(5-2)34-33(35)40-28/h4,6-11,13-20,30H,1,5,12,21H2,2-3H3/b28-20-/t30-/m1/s1. The molecule has 1 aliphatic rings. The first-order chi connectivity index (χ1) is 19.5. The molecule has 0 spiro atoms. The normalized spacial score (nSPS) is 14.8. The topological polar surface area (TPSA) is 69.9 Å². The summed E-state index contributed by atoms with van der Waals surface area (Å²) in [5.41, 5.74) is 4.57. The largest absolute Gasteiger partial charge is 0.489 e. The van der Waals surface area contributed by atoms with Gasteiger partial charge in [-0.25, -0.2) is 9.79 Å². The lowest BCUT2D eigenvalue weighted by atomic mass is 9.95. The van der Waals surface area contributed by atoms with Gasteiger partial charge in [0, 0.05) is 0 Å². The Morgan fingerprint density at radius 1 is 1.07 bits per heavy atom. The van der Waals surface area contributed by atoms with Gasteiger partial charge in [-0.3, -0.25) is 9.36 Å². The number of allylic oxidation sites excluding steroid dienone is 2. The molecule has 4 aromatic rings. The van der Waals surface area contributed by atoms with Crippen LogP contribution in [-0.4, -0.2) is 17.6 Å². The first-order valence-electron chi connectivity index (χ1n) is 13.1. The van der Waals surface area contributed by atoms with Crippen LogP contribution in [0.5, 0.6) is 5.75 Å². The summed E-state index contributed by atoms with van der Waals surface area (Å²) < 4.78 is 13.4. The second kappa shape index (κ2) is 12.1. The van der Waals surface area contributed by atoms with Gasteiger partial charge in [0.1, 0.15) is 12.4 Å². The third-order valence-electron chi connectivity index (χ3n) is 6.75. The molecule has 0 bridgehead atoms.